The molecule has 0 spiro atoms. The molecule has 1 unspecified atom stereocenters. The van der Waals surface area contributed by atoms with Crippen molar-refractivity contribution in [2.45, 2.75) is 6.92 Å². The van der Waals surface area contributed by atoms with Crippen molar-refractivity contribution in [1.82, 2.24) is 0 Å². The normalized spacial score (nSPS) is 12.5. The lowest BCUT2D eigenvalue weighted by molar-refractivity contribution is 0.502. The molecule has 0 aromatic heterocycles. The molecule has 1 aromatic rings. The van der Waals surface area contributed by atoms with Crippen LogP contribution in [0.4, 0.5) is 0 Å². The molecule has 0 radical (unpaired) electrons. The summed E-state index contributed by atoms with van der Waals surface area (Å²) in [5.41, 5.74) is 0.883. The summed E-state index contributed by atoms with van der Waals surface area (Å²) in [4.78, 5) is 0. The van der Waals surface area contributed by atoms with Gasteiger partial charge in [0.05, 0.1) is 7.78 Å². The zero-order valence-corrected chi connectivity index (χ0v) is 8.30. The second-order valence-corrected chi connectivity index (χ2v) is 6.25. The third-order valence-corrected chi connectivity index (χ3v) is 3.86. The molecule has 3 nitrogen and oxygen atoms in total. The van der Waals surface area contributed by atoms with Crippen molar-refractivity contribution in [3.63, 3.8) is 0 Å². The minimum atomic E-state index is -3.87. The van der Waals surface area contributed by atoms with Gasteiger partial charge in [0.15, 0.2) is 0 Å². The molecule has 0 bridgehead atoms. The van der Waals surface area contributed by atoms with Gasteiger partial charge in [0, 0.05) is 0 Å². The molecule has 12 heavy (non-hydrogen) atoms. The van der Waals surface area contributed by atoms with Gasteiger partial charge < -0.3 is 0 Å². The fraction of sp³-hybridized carbons (Fsp3) is 0.143. The molecule has 0 saturated carbocycles. The van der Waals surface area contributed by atoms with Gasteiger partial charge in [-0.15, -0.1) is 0 Å². The van der Waals surface area contributed by atoms with E-state index in [1.54, 1.807) is 12.1 Å². The molecular formula is C7H9O3PS. The summed E-state index contributed by atoms with van der Waals surface area (Å²) in [6.45, 7) is 1.81. The Morgan fingerprint density at radius 1 is 1.33 bits per heavy atom. The maximum Gasteiger partial charge on any atom is 0.282 e. The molecule has 1 rings (SSSR count). The van der Waals surface area contributed by atoms with Crippen LogP contribution < -0.4 is 5.30 Å². The van der Waals surface area contributed by atoms with E-state index >= 15 is 0 Å². The second kappa shape index (κ2) is 3.52. The lowest BCUT2D eigenvalue weighted by Gasteiger charge is -2.01. The van der Waals surface area contributed by atoms with Crippen LogP contribution in [-0.4, -0.2) is 13.0 Å². The van der Waals surface area contributed by atoms with E-state index in [1.165, 1.54) is 0 Å². The average Bonchev–Trinajstić information content (AvgIpc) is 1.91. The standard InChI is InChI=1S/C7H9O3PS/c1-6-4-2-3-5-7(6)11-12(8,9)10/h2-5,11H,1H3,(H,8,9,10). The molecule has 5 heteroatoms. The van der Waals surface area contributed by atoms with Crippen molar-refractivity contribution in [3.8, 4) is 0 Å². The van der Waals surface area contributed by atoms with E-state index < -0.39 is 17.5 Å². The molecule has 0 aliphatic heterocycles. The molecule has 0 amide bonds. The predicted octanol–water partition coefficient (Wildman–Crippen LogP) is 1.10. The Bertz CT molecular complexity index is 372. The maximum atomic E-state index is 10.5. The lowest BCUT2D eigenvalue weighted by atomic mass is 10.2. The summed E-state index contributed by atoms with van der Waals surface area (Å²) < 4.78 is 29.6. The van der Waals surface area contributed by atoms with E-state index in [-0.39, 0.29) is 0 Å². The van der Waals surface area contributed by atoms with E-state index in [0.29, 0.717) is 5.30 Å². The van der Waals surface area contributed by atoms with Crippen molar-refractivity contribution < 1.29 is 13.0 Å². The summed E-state index contributed by atoms with van der Waals surface area (Å²) >= 11 is 0. The van der Waals surface area contributed by atoms with Crippen LogP contribution in [0.1, 0.15) is 5.56 Å². The molecule has 0 saturated heterocycles. The highest BCUT2D eigenvalue weighted by atomic mass is 32.8. The highest BCUT2D eigenvalue weighted by Crippen LogP contribution is 2.19. The number of hydrogen-bond acceptors (Lipinski definition) is 2. The average molecular weight is 204 g/mol. The van der Waals surface area contributed by atoms with Crippen molar-refractivity contribution in [3.05, 3.63) is 29.8 Å². The first kappa shape index (κ1) is 9.65. The molecule has 66 valence electrons. The van der Waals surface area contributed by atoms with Crippen molar-refractivity contribution >= 4 is 22.8 Å². The Morgan fingerprint density at radius 2 is 1.92 bits per heavy atom. The van der Waals surface area contributed by atoms with Crippen molar-refractivity contribution in [1.29, 1.82) is 0 Å². The Hall–Kier alpha value is -0.440. The van der Waals surface area contributed by atoms with E-state index in [9.17, 15) is 8.42 Å². The summed E-state index contributed by atoms with van der Waals surface area (Å²) in [7, 11) is -4.43. The van der Waals surface area contributed by atoms with Gasteiger partial charge in [0.1, 0.15) is 0 Å². The van der Waals surface area contributed by atoms with Gasteiger partial charge in [0.2, 0.25) is 0 Å². The molecule has 0 fully saturated rings. The summed E-state index contributed by atoms with van der Waals surface area (Å²) in [6, 6.07) is 7.09. The highest BCUT2D eigenvalue weighted by molar-refractivity contribution is 8.42. The molecule has 1 aromatic carbocycles. The van der Waals surface area contributed by atoms with Crippen molar-refractivity contribution in [2.24, 2.45) is 0 Å². The number of rotatable bonds is 2. The molecule has 1 N–H and O–H groups in total. The number of hydrogen-bond donors (Lipinski definition) is 1. The van der Waals surface area contributed by atoms with E-state index in [0.717, 1.165) is 5.56 Å². The quantitative estimate of drug-likeness (QED) is 0.579. The Balaban J connectivity index is 2.98. The van der Waals surface area contributed by atoms with Gasteiger partial charge in [-0.1, -0.05) is 24.3 Å². The van der Waals surface area contributed by atoms with Gasteiger partial charge in [-0.3, -0.25) is 4.55 Å². The number of aryl methyl sites for hydroxylation is 1. The number of benzene rings is 1. The summed E-state index contributed by atoms with van der Waals surface area (Å²) in [6.07, 6.45) is 0. The van der Waals surface area contributed by atoms with E-state index in [1.807, 2.05) is 19.1 Å². The topological polar surface area (TPSA) is 54.4 Å². The van der Waals surface area contributed by atoms with Crippen LogP contribution in [0.25, 0.3) is 0 Å². The zero-order valence-electron chi connectivity index (χ0n) is 6.48. The van der Waals surface area contributed by atoms with Crippen LogP contribution in [0.5, 0.6) is 0 Å². The van der Waals surface area contributed by atoms with Crippen LogP contribution in [0.15, 0.2) is 24.3 Å². The minimum absolute atomic E-state index is 0.560. The highest BCUT2D eigenvalue weighted by Gasteiger charge is 2.07. The smallest absolute Gasteiger partial charge is 0.282 e. The van der Waals surface area contributed by atoms with Crippen LogP contribution >= 0.6 is 7.78 Å². The molecule has 0 aliphatic rings. The monoisotopic (exact) mass is 204 g/mol. The third-order valence-electron chi connectivity index (χ3n) is 1.38. The van der Waals surface area contributed by atoms with Gasteiger partial charge in [-0.25, -0.2) is 0 Å². The largest absolute Gasteiger partial charge is 0.283 e. The van der Waals surface area contributed by atoms with Crippen LogP contribution in [0.3, 0.4) is 0 Å². The molecule has 0 heterocycles. The fourth-order valence-corrected chi connectivity index (χ4v) is 3.03. The fourth-order valence-electron chi connectivity index (χ4n) is 0.826. The molecular weight excluding hydrogens is 195 g/mol. The SMILES string of the molecule is Cc1ccccc1PS(=O)(=O)O. The lowest BCUT2D eigenvalue weighted by Crippen LogP contribution is -2.03. The van der Waals surface area contributed by atoms with Gasteiger partial charge in [-0.05, 0) is 17.8 Å². The first-order chi connectivity index (χ1) is 5.49. The van der Waals surface area contributed by atoms with Crippen LogP contribution in [-0.2, 0) is 9.74 Å². The third kappa shape index (κ3) is 2.89. The molecule has 1 atom stereocenters. The summed E-state index contributed by atoms with van der Waals surface area (Å²) in [5.74, 6) is 0. The van der Waals surface area contributed by atoms with Crippen molar-refractivity contribution in [2.75, 3.05) is 0 Å². The maximum absolute atomic E-state index is 10.5. The zero-order chi connectivity index (χ0) is 9.19. The Labute approximate surface area is 73.1 Å². The Kier molecular flexibility index (Phi) is 2.83. The van der Waals surface area contributed by atoms with E-state index in [4.69, 9.17) is 4.55 Å². The summed E-state index contributed by atoms with van der Waals surface area (Å²) in [5, 5.41) is 0.667. The first-order valence-corrected chi connectivity index (χ1v) is 6.46. The second-order valence-electron chi connectivity index (χ2n) is 2.39. The van der Waals surface area contributed by atoms with Crippen LogP contribution in [0.2, 0.25) is 0 Å². The Morgan fingerprint density at radius 3 is 2.42 bits per heavy atom. The molecule has 0 aliphatic carbocycles. The minimum Gasteiger partial charge on any atom is -0.283 e. The predicted molar refractivity (Wildman–Crippen MR) is 50.7 cm³/mol. The van der Waals surface area contributed by atoms with Gasteiger partial charge in [-0.2, -0.15) is 8.42 Å². The van der Waals surface area contributed by atoms with Gasteiger partial charge >= 0.3 is 0 Å². The van der Waals surface area contributed by atoms with Gasteiger partial charge in [0.25, 0.3) is 9.74 Å². The van der Waals surface area contributed by atoms with Crippen LogP contribution in [0, 0.1) is 6.92 Å². The van der Waals surface area contributed by atoms with E-state index in [2.05, 4.69) is 0 Å². The first-order valence-electron chi connectivity index (χ1n) is 3.30.